The van der Waals surface area contributed by atoms with Crippen molar-refractivity contribution in [3.05, 3.63) is 30.1 Å². The van der Waals surface area contributed by atoms with Crippen LogP contribution in [-0.2, 0) is 11.3 Å². The Hall–Kier alpha value is -1.84. The number of fused-ring (bicyclic) bond motifs is 1. The molecule has 1 aliphatic rings. The number of amides is 1. The fourth-order valence-corrected chi connectivity index (χ4v) is 3.22. The van der Waals surface area contributed by atoms with Gasteiger partial charge in [0.2, 0.25) is 5.91 Å². The zero-order valence-electron chi connectivity index (χ0n) is 12.2. The van der Waals surface area contributed by atoms with Gasteiger partial charge in [0, 0.05) is 19.5 Å². The lowest BCUT2D eigenvalue weighted by Crippen LogP contribution is -2.31. The summed E-state index contributed by atoms with van der Waals surface area (Å²) in [5.74, 6) is 1.29. The Kier molecular flexibility index (Phi) is 3.47. The Labute approximate surface area is 119 Å². The van der Waals surface area contributed by atoms with E-state index in [-0.39, 0.29) is 11.9 Å². The van der Waals surface area contributed by atoms with E-state index < -0.39 is 0 Å². The number of aryl methyl sites for hydroxylation is 1. The molecule has 2 aromatic rings. The Morgan fingerprint density at radius 1 is 1.35 bits per heavy atom. The molecule has 1 amide bonds. The van der Waals surface area contributed by atoms with Crippen LogP contribution in [0.25, 0.3) is 11.0 Å². The van der Waals surface area contributed by atoms with Gasteiger partial charge in [-0.25, -0.2) is 4.98 Å². The maximum atomic E-state index is 12.1. The normalized spacial score (nSPS) is 18.9. The van der Waals surface area contributed by atoms with E-state index in [0.29, 0.717) is 6.42 Å². The second-order valence-corrected chi connectivity index (χ2v) is 5.30. The van der Waals surface area contributed by atoms with Crippen molar-refractivity contribution in [3.8, 4) is 0 Å². The minimum Gasteiger partial charge on any atom is -0.333 e. The zero-order valence-corrected chi connectivity index (χ0v) is 12.2. The number of benzene rings is 1. The van der Waals surface area contributed by atoms with Crippen LogP contribution in [0.15, 0.2) is 24.3 Å². The monoisotopic (exact) mass is 271 g/mol. The highest BCUT2D eigenvalue weighted by atomic mass is 16.2. The standard InChI is InChI=1S/C16H21N3O/c1-3-15(20)19-11-7-10-14(19)16-17-12-8-5-6-9-13(12)18(16)4-2/h5-6,8-9,14H,3-4,7,10-11H2,1-2H3/t14-/m1/s1. The van der Waals surface area contributed by atoms with Crippen molar-refractivity contribution in [2.75, 3.05) is 6.54 Å². The second-order valence-electron chi connectivity index (χ2n) is 5.30. The SMILES string of the molecule is CCC(=O)N1CCC[C@@H]1c1nc2ccccc2n1CC. The summed E-state index contributed by atoms with van der Waals surface area (Å²) in [5.41, 5.74) is 2.20. The van der Waals surface area contributed by atoms with Crippen LogP contribution >= 0.6 is 0 Å². The molecule has 106 valence electrons. The first kappa shape index (κ1) is 13.2. The molecule has 20 heavy (non-hydrogen) atoms. The van der Waals surface area contributed by atoms with Gasteiger partial charge < -0.3 is 9.47 Å². The second kappa shape index (κ2) is 5.27. The van der Waals surface area contributed by atoms with Gasteiger partial charge >= 0.3 is 0 Å². The maximum absolute atomic E-state index is 12.1. The summed E-state index contributed by atoms with van der Waals surface area (Å²) < 4.78 is 2.25. The summed E-state index contributed by atoms with van der Waals surface area (Å²) in [6, 6.07) is 8.36. The quantitative estimate of drug-likeness (QED) is 0.860. The first-order valence-electron chi connectivity index (χ1n) is 7.50. The number of imidazole rings is 1. The van der Waals surface area contributed by atoms with Gasteiger partial charge in [-0.2, -0.15) is 0 Å². The lowest BCUT2D eigenvalue weighted by molar-refractivity contribution is -0.131. The number of nitrogens with zero attached hydrogens (tertiary/aromatic N) is 3. The highest BCUT2D eigenvalue weighted by Gasteiger charge is 2.32. The summed E-state index contributed by atoms with van der Waals surface area (Å²) in [6.07, 6.45) is 2.67. The van der Waals surface area contributed by atoms with Crippen LogP contribution in [0.3, 0.4) is 0 Å². The van der Waals surface area contributed by atoms with E-state index in [2.05, 4.69) is 17.6 Å². The van der Waals surface area contributed by atoms with Gasteiger partial charge in [-0.1, -0.05) is 19.1 Å². The molecule has 0 saturated carbocycles. The first-order chi connectivity index (χ1) is 9.76. The van der Waals surface area contributed by atoms with Gasteiger partial charge in [0.05, 0.1) is 17.1 Å². The van der Waals surface area contributed by atoms with Crippen molar-refractivity contribution in [1.29, 1.82) is 0 Å². The molecule has 4 heteroatoms. The largest absolute Gasteiger partial charge is 0.333 e. The third-order valence-corrected chi connectivity index (χ3v) is 4.17. The molecule has 0 radical (unpaired) electrons. The fourth-order valence-electron chi connectivity index (χ4n) is 3.22. The molecule has 1 saturated heterocycles. The van der Waals surface area contributed by atoms with Gasteiger partial charge in [-0.3, -0.25) is 4.79 Å². The maximum Gasteiger partial charge on any atom is 0.222 e. The summed E-state index contributed by atoms with van der Waals surface area (Å²) >= 11 is 0. The average Bonchev–Trinajstić information content (AvgIpc) is 3.09. The van der Waals surface area contributed by atoms with Crippen molar-refractivity contribution < 1.29 is 4.79 Å². The van der Waals surface area contributed by atoms with Crippen LogP contribution in [0.2, 0.25) is 0 Å². The van der Waals surface area contributed by atoms with E-state index in [0.717, 1.165) is 37.3 Å². The summed E-state index contributed by atoms with van der Waals surface area (Å²) in [5, 5.41) is 0. The van der Waals surface area contributed by atoms with E-state index in [1.54, 1.807) is 0 Å². The van der Waals surface area contributed by atoms with Crippen LogP contribution in [0.4, 0.5) is 0 Å². The molecular weight excluding hydrogens is 250 g/mol. The Bertz CT molecular complexity index is 632. The number of likely N-dealkylation sites (tertiary alicyclic amines) is 1. The number of rotatable bonds is 3. The summed E-state index contributed by atoms with van der Waals surface area (Å²) in [7, 11) is 0. The van der Waals surface area contributed by atoms with Crippen LogP contribution < -0.4 is 0 Å². The zero-order chi connectivity index (χ0) is 14.1. The van der Waals surface area contributed by atoms with Gasteiger partial charge in [-0.05, 0) is 31.9 Å². The number of para-hydroxylation sites is 2. The molecule has 0 bridgehead atoms. The lowest BCUT2D eigenvalue weighted by Gasteiger charge is -2.24. The molecule has 0 spiro atoms. The third-order valence-electron chi connectivity index (χ3n) is 4.17. The van der Waals surface area contributed by atoms with E-state index in [9.17, 15) is 4.79 Å². The lowest BCUT2D eigenvalue weighted by atomic mass is 10.2. The molecule has 1 atom stereocenters. The molecule has 1 aromatic carbocycles. The highest BCUT2D eigenvalue weighted by Crippen LogP contribution is 2.33. The van der Waals surface area contributed by atoms with Gasteiger partial charge in [0.1, 0.15) is 5.82 Å². The Morgan fingerprint density at radius 2 is 2.15 bits per heavy atom. The first-order valence-corrected chi connectivity index (χ1v) is 7.50. The molecule has 0 N–H and O–H groups in total. The number of hydrogen-bond acceptors (Lipinski definition) is 2. The van der Waals surface area contributed by atoms with Crippen LogP contribution in [0.1, 0.15) is 45.0 Å². The van der Waals surface area contributed by atoms with Crippen molar-refractivity contribution in [1.82, 2.24) is 14.5 Å². The van der Waals surface area contributed by atoms with Crippen LogP contribution in [0, 0.1) is 0 Å². The molecular formula is C16H21N3O. The molecule has 0 aliphatic carbocycles. The summed E-state index contributed by atoms with van der Waals surface area (Å²) in [6.45, 7) is 5.82. The molecule has 3 rings (SSSR count). The number of aromatic nitrogens is 2. The van der Waals surface area contributed by atoms with Crippen molar-refractivity contribution in [3.63, 3.8) is 0 Å². The molecule has 0 unspecified atom stereocenters. The number of hydrogen-bond donors (Lipinski definition) is 0. The fraction of sp³-hybridized carbons (Fsp3) is 0.500. The van der Waals surface area contributed by atoms with E-state index >= 15 is 0 Å². The third kappa shape index (κ3) is 1.99. The average molecular weight is 271 g/mol. The molecule has 1 aliphatic heterocycles. The molecule has 2 heterocycles. The van der Waals surface area contributed by atoms with Crippen LogP contribution in [0.5, 0.6) is 0 Å². The number of carbonyl (C=O) groups is 1. The van der Waals surface area contributed by atoms with Crippen LogP contribution in [-0.4, -0.2) is 26.9 Å². The van der Waals surface area contributed by atoms with Gasteiger partial charge in [-0.15, -0.1) is 0 Å². The van der Waals surface area contributed by atoms with Crippen molar-refractivity contribution in [2.45, 2.75) is 45.7 Å². The van der Waals surface area contributed by atoms with Gasteiger partial charge in [0.15, 0.2) is 0 Å². The molecule has 1 fully saturated rings. The Balaban J connectivity index is 2.07. The van der Waals surface area contributed by atoms with Crippen molar-refractivity contribution >= 4 is 16.9 Å². The predicted octanol–water partition coefficient (Wildman–Crippen LogP) is 3.13. The molecule has 4 nitrogen and oxygen atoms in total. The van der Waals surface area contributed by atoms with Gasteiger partial charge in [0.25, 0.3) is 0 Å². The van der Waals surface area contributed by atoms with E-state index in [1.165, 1.54) is 5.52 Å². The predicted molar refractivity (Wildman–Crippen MR) is 79.4 cm³/mol. The van der Waals surface area contributed by atoms with E-state index in [4.69, 9.17) is 4.98 Å². The number of carbonyl (C=O) groups excluding carboxylic acids is 1. The highest BCUT2D eigenvalue weighted by molar-refractivity contribution is 5.78. The topological polar surface area (TPSA) is 38.1 Å². The smallest absolute Gasteiger partial charge is 0.222 e. The summed E-state index contributed by atoms with van der Waals surface area (Å²) in [4.78, 5) is 18.9. The minimum atomic E-state index is 0.148. The van der Waals surface area contributed by atoms with Crippen molar-refractivity contribution in [2.24, 2.45) is 0 Å². The van der Waals surface area contributed by atoms with E-state index in [1.807, 2.05) is 30.0 Å². The molecule has 1 aromatic heterocycles. The Morgan fingerprint density at radius 3 is 2.90 bits per heavy atom. The minimum absolute atomic E-state index is 0.148.